The van der Waals surface area contributed by atoms with Gasteiger partial charge in [-0.3, -0.25) is 9.59 Å². The maximum absolute atomic E-state index is 11.9. The van der Waals surface area contributed by atoms with Gasteiger partial charge in [-0.2, -0.15) is 0 Å². The molecule has 7 heteroatoms. The summed E-state index contributed by atoms with van der Waals surface area (Å²) >= 11 is 7.38. The van der Waals surface area contributed by atoms with Gasteiger partial charge in [-0.05, 0) is 6.07 Å². The minimum absolute atomic E-state index is 0.122. The van der Waals surface area contributed by atoms with E-state index >= 15 is 0 Å². The highest BCUT2D eigenvalue weighted by Crippen LogP contribution is 2.30. The molecule has 0 atom stereocenters. The summed E-state index contributed by atoms with van der Waals surface area (Å²) in [7, 11) is 0. The second kappa shape index (κ2) is 7.19. The third-order valence-corrected chi connectivity index (χ3v) is 3.98. The molecule has 0 fully saturated rings. The number of aromatic nitrogens is 1. The van der Waals surface area contributed by atoms with Crippen molar-refractivity contribution in [1.29, 1.82) is 0 Å². The molecule has 0 radical (unpaired) electrons. The Hall–Kier alpha value is -1.92. The molecule has 110 valence electrons. The van der Waals surface area contributed by atoms with Crippen LogP contribution in [-0.4, -0.2) is 29.9 Å². The zero-order valence-corrected chi connectivity index (χ0v) is 12.9. The zero-order valence-electron chi connectivity index (χ0n) is 11.4. The van der Waals surface area contributed by atoms with Crippen LogP contribution in [0.3, 0.4) is 0 Å². The Morgan fingerprint density at radius 1 is 1.24 bits per heavy atom. The highest BCUT2D eigenvalue weighted by Gasteiger charge is 2.12. The van der Waals surface area contributed by atoms with Crippen molar-refractivity contribution in [2.45, 2.75) is 6.92 Å². The molecule has 0 aliphatic carbocycles. The fourth-order valence-electron chi connectivity index (χ4n) is 1.64. The van der Waals surface area contributed by atoms with Crippen LogP contribution in [-0.2, 0) is 4.79 Å². The first-order chi connectivity index (χ1) is 10.1. The van der Waals surface area contributed by atoms with Crippen molar-refractivity contribution in [3.8, 4) is 10.6 Å². The third kappa shape index (κ3) is 4.27. The van der Waals surface area contributed by atoms with Crippen LogP contribution in [0.2, 0.25) is 5.02 Å². The van der Waals surface area contributed by atoms with E-state index in [0.717, 1.165) is 5.56 Å². The summed E-state index contributed by atoms with van der Waals surface area (Å²) in [5.74, 6) is -0.334. The predicted octanol–water partition coefficient (Wildman–Crippen LogP) is 2.33. The molecule has 2 amide bonds. The molecule has 5 nitrogen and oxygen atoms in total. The van der Waals surface area contributed by atoms with Gasteiger partial charge >= 0.3 is 0 Å². The second-order valence-corrected chi connectivity index (χ2v) is 5.69. The lowest BCUT2D eigenvalue weighted by molar-refractivity contribution is -0.118. The summed E-state index contributed by atoms with van der Waals surface area (Å²) in [5.41, 5.74) is 0.807. The quantitative estimate of drug-likeness (QED) is 0.830. The van der Waals surface area contributed by atoms with E-state index in [1.54, 1.807) is 6.07 Å². The highest BCUT2D eigenvalue weighted by molar-refractivity contribution is 7.17. The Kier molecular flexibility index (Phi) is 5.30. The van der Waals surface area contributed by atoms with Gasteiger partial charge in [0, 0.05) is 25.6 Å². The first-order valence-electron chi connectivity index (χ1n) is 6.31. The molecule has 0 saturated heterocycles. The number of benzene rings is 1. The molecule has 0 saturated carbocycles. The van der Waals surface area contributed by atoms with Crippen LogP contribution in [0.5, 0.6) is 0 Å². The Labute approximate surface area is 131 Å². The Balaban J connectivity index is 1.98. The molecule has 2 rings (SSSR count). The van der Waals surface area contributed by atoms with Crippen LogP contribution < -0.4 is 10.6 Å². The standard InChI is InChI=1S/C14H14ClN3O2S/c1-9(19)16-6-7-17-13(20)12-8-18-14(21-12)10-4-2-3-5-11(10)15/h2-5,8H,6-7H2,1H3,(H,16,19)(H,17,20). The van der Waals surface area contributed by atoms with E-state index < -0.39 is 0 Å². The van der Waals surface area contributed by atoms with Crippen molar-refractivity contribution in [3.63, 3.8) is 0 Å². The average molecular weight is 324 g/mol. The van der Waals surface area contributed by atoms with Crippen LogP contribution in [0.25, 0.3) is 10.6 Å². The topological polar surface area (TPSA) is 71.1 Å². The van der Waals surface area contributed by atoms with E-state index in [1.807, 2.05) is 18.2 Å². The van der Waals surface area contributed by atoms with Gasteiger partial charge in [0.1, 0.15) is 9.88 Å². The summed E-state index contributed by atoms with van der Waals surface area (Å²) in [6.45, 7) is 2.20. The van der Waals surface area contributed by atoms with Gasteiger partial charge < -0.3 is 10.6 Å². The molecular formula is C14H14ClN3O2S. The number of nitrogens with zero attached hydrogens (tertiary/aromatic N) is 1. The Morgan fingerprint density at radius 2 is 1.95 bits per heavy atom. The summed E-state index contributed by atoms with van der Waals surface area (Å²) in [6.07, 6.45) is 1.52. The molecule has 0 aliphatic heterocycles. The highest BCUT2D eigenvalue weighted by atomic mass is 35.5. The number of carbonyl (C=O) groups excluding carboxylic acids is 2. The largest absolute Gasteiger partial charge is 0.355 e. The van der Waals surface area contributed by atoms with Crippen LogP contribution in [0.1, 0.15) is 16.6 Å². The number of amides is 2. The van der Waals surface area contributed by atoms with Gasteiger partial charge in [0.15, 0.2) is 0 Å². The van der Waals surface area contributed by atoms with Crippen molar-refractivity contribution >= 4 is 34.8 Å². The van der Waals surface area contributed by atoms with E-state index in [4.69, 9.17) is 11.6 Å². The van der Waals surface area contributed by atoms with Gasteiger partial charge in [0.05, 0.1) is 11.2 Å². The number of nitrogens with one attached hydrogen (secondary N) is 2. The summed E-state index contributed by atoms with van der Waals surface area (Å²) < 4.78 is 0. The van der Waals surface area contributed by atoms with Crippen molar-refractivity contribution in [3.05, 3.63) is 40.4 Å². The van der Waals surface area contributed by atoms with Gasteiger partial charge in [-0.1, -0.05) is 29.8 Å². The van der Waals surface area contributed by atoms with Crippen molar-refractivity contribution in [2.75, 3.05) is 13.1 Å². The Morgan fingerprint density at radius 3 is 2.67 bits per heavy atom. The van der Waals surface area contributed by atoms with Crippen molar-refractivity contribution in [1.82, 2.24) is 15.6 Å². The van der Waals surface area contributed by atoms with Crippen molar-refractivity contribution in [2.24, 2.45) is 0 Å². The van der Waals surface area contributed by atoms with E-state index in [-0.39, 0.29) is 11.8 Å². The molecule has 0 aliphatic rings. The molecule has 2 aromatic rings. The van der Waals surface area contributed by atoms with Crippen LogP contribution in [0.15, 0.2) is 30.5 Å². The van der Waals surface area contributed by atoms with Gasteiger partial charge in [0.25, 0.3) is 5.91 Å². The summed E-state index contributed by atoms with van der Waals surface area (Å²) in [6, 6.07) is 7.36. The molecule has 1 heterocycles. The van der Waals surface area contributed by atoms with E-state index in [0.29, 0.717) is 28.0 Å². The summed E-state index contributed by atoms with van der Waals surface area (Å²) in [5, 5.41) is 6.63. The van der Waals surface area contributed by atoms with E-state index in [2.05, 4.69) is 15.6 Å². The normalized spacial score (nSPS) is 10.2. The average Bonchev–Trinajstić information content (AvgIpc) is 2.93. The van der Waals surface area contributed by atoms with Gasteiger partial charge in [0.2, 0.25) is 5.91 Å². The second-order valence-electron chi connectivity index (χ2n) is 4.25. The predicted molar refractivity (Wildman–Crippen MR) is 83.6 cm³/mol. The fourth-order valence-corrected chi connectivity index (χ4v) is 2.79. The van der Waals surface area contributed by atoms with Crippen LogP contribution >= 0.6 is 22.9 Å². The molecule has 0 bridgehead atoms. The zero-order chi connectivity index (χ0) is 15.2. The first kappa shape index (κ1) is 15.5. The minimum atomic E-state index is -0.212. The van der Waals surface area contributed by atoms with Crippen molar-refractivity contribution < 1.29 is 9.59 Å². The number of hydrogen-bond donors (Lipinski definition) is 2. The maximum atomic E-state index is 11.9. The lowest BCUT2D eigenvalue weighted by Gasteiger charge is -2.03. The van der Waals surface area contributed by atoms with Crippen LogP contribution in [0.4, 0.5) is 0 Å². The lowest BCUT2D eigenvalue weighted by atomic mass is 10.2. The van der Waals surface area contributed by atoms with Gasteiger partial charge in [-0.25, -0.2) is 4.98 Å². The molecule has 0 unspecified atom stereocenters. The summed E-state index contributed by atoms with van der Waals surface area (Å²) in [4.78, 5) is 27.4. The molecule has 2 N–H and O–H groups in total. The minimum Gasteiger partial charge on any atom is -0.355 e. The lowest BCUT2D eigenvalue weighted by Crippen LogP contribution is -2.33. The number of hydrogen-bond acceptors (Lipinski definition) is 4. The monoisotopic (exact) mass is 323 g/mol. The molecular weight excluding hydrogens is 310 g/mol. The van der Waals surface area contributed by atoms with Crippen LogP contribution in [0, 0.1) is 0 Å². The number of halogens is 1. The molecule has 0 spiro atoms. The van der Waals surface area contributed by atoms with Gasteiger partial charge in [-0.15, -0.1) is 11.3 Å². The third-order valence-electron chi connectivity index (χ3n) is 2.62. The fraction of sp³-hybridized carbons (Fsp3) is 0.214. The maximum Gasteiger partial charge on any atom is 0.263 e. The Bertz CT molecular complexity index is 657. The number of thiazole rings is 1. The molecule has 1 aromatic carbocycles. The number of rotatable bonds is 5. The van der Waals surface area contributed by atoms with E-state index in [9.17, 15) is 9.59 Å². The van der Waals surface area contributed by atoms with E-state index in [1.165, 1.54) is 24.5 Å². The first-order valence-corrected chi connectivity index (χ1v) is 7.50. The molecule has 21 heavy (non-hydrogen) atoms. The number of carbonyl (C=O) groups is 2. The molecule has 1 aromatic heterocycles. The smallest absolute Gasteiger partial charge is 0.263 e. The SMILES string of the molecule is CC(=O)NCCNC(=O)c1cnc(-c2ccccc2Cl)s1.